The second-order valence-electron chi connectivity index (χ2n) is 6.99. The SMILES string of the molecule is FC(F)(F)c1ccnc(N2CCC(COc3cc4c(nn3)CCC4)CC2)n1. The van der Waals surface area contributed by atoms with Gasteiger partial charge in [0.25, 0.3) is 0 Å². The fraction of sp³-hybridized carbons (Fsp3) is 0.556. The molecule has 0 aromatic carbocycles. The number of rotatable bonds is 4. The van der Waals surface area contributed by atoms with Crippen LogP contribution in [0.5, 0.6) is 5.88 Å². The van der Waals surface area contributed by atoms with E-state index in [1.165, 1.54) is 5.56 Å². The zero-order chi connectivity index (χ0) is 18.9. The normalized spacial score (nSPS) is 17.8. The van der Waals surface area contributed by atoms with Crippen LogP contribution in [-0.2, 0) is 19.0 Å². The predicted molar refractivity (Wildman–Crippen MR) is 91.5 cm³/mol. The van der Waals surface area contributed by atoms with E-state index in [-0.39, 0.29) is 5.95 Å². The molecule has 3 heterocycles. The summed E-state index contributed by atoms with van der Waals surface area (Å²) in [5, 5.41) is 8.33. The number of halogens is 3. The largest absolute Gasteiger partial charge is 0.476 e. The maximum absolute atomic E-state index is 12.8. The number of aromatic nitrogens is 4. The first kappa shape index (κ1) is 17.9. The van der Waals surface area contributed by atoms with Gasteiger partial charge in [-0.25, -0.2) is 9.97 Å². The van der Waals surface area contributed by atoms with Crippen LogP contribution in [0, 0.1) is 5.92 Å². The highest BCUT2D eigenvalue weighted by molar-refractivity contribution is 5.31. The minimum Gasteiger partial charge on any atom is -0.476 e. The van der Waals surface area contributed by atoms with Crippen LogP contribution < -0.4 is 9.64 Å². The Bertz CT molecular complexity index is 806. The first-order valence-corrected chi connectivity index (χ1v) is 9.12. The summed E-state index contributed by atoms with van der Waals surface area (Å²) in [5.41, 5.74) is 1.38. The van der Waals surface area contributed by atoms with E-state index in [9.17, 15) is 13.2 Å². The molecule has 0 saturated carbocycles. The highest BCUT2D eigenvalue weighted by Gasteiger charge is 2.33. The van der Waals surface area contributed by atoms with Gasteiger partial charge in [0.15, 0.2) is 0 Å². The zero-order valence-electron chi connectivity index (χ0n) is 14.7. The summed E-state index contributed by atoms with van der Waals surface area (Å²) in [6.07, 6.45) is 1.43. The van der Waals surface area contributed by atoms with Crippen LogP contribution in [0.4, 0.5) is 19.1 Å². The standard InChI is InChI=1S/C18H20F3N5O/c19-18(20,21)15-4-7-22-17(23-15)26-8-5-12(6-9-26)11-27-16-10-13-2-1-3-14(13)24-25-16/h4,7,10,12H,1-3,5-6,8-9,11H2. The Morgan fingerprint density at radius 2 is 1.96 bits per heavy atom. The molecule has 0 unspecified atom stereocenters. The molecule has 1 aliphatic carbocycles. The molecule has 0 spiro atoms. The van der Waals surface area contributed by atoms with Gasteiger partial charge in [-0.1, -0.05) is 0 Å². The van der Waals surface area contributed by atoms with Crippen molar-refractivity contribution in [3.05, 3.63) is 35.3 Å². The Kier molecular flexibility index (Phi) is 4.84. The molecule has 9 heteroatoms. The Morgan fingerprint density at radius 3 is 2.74 bits per heavy atom. The van der Waals surface area contributed by atoms with Gasteiger partial charge in [-0.05, 0) is 49.7 Å². The first-order valence-electron chi connectivity index (χ1n) is 9.12. The van der Waals surface area contributed by atoms with Gasteiger partial charge >= 0.3 is 6.18 Å². The molecular formula is C18H20F3N5O. The van der Waals surface area contributed by atoms with Crippen LogP contribution >= 0.6 is 0 Å². The van der Waals surface area contributed by atoms with Crippen molar-refractivity contribution < 1.29 is 17.9 Å². The summed E-state index contributed by atoms with van der Waals surface area (Å²) >= 11 is 0. The Hall–Kier alpha value is -2.45. The van der Waals surface area contributed by atoms with E-state index in [1.807, 2.05) is 6.07 Å². The number of hydrogen-bond donors (Lipinski definition) is 0. The third-order valence-corrected chi connectivity index (χ3v) is 5.09. The minimum atomic E-state index is -4.46. The quantitative estimate of drug-likeness (QED) is 0.814. The van der Waals surface area contributed by atoms with Crippen LogP contribution in [-0.4, -0.2) is 39.9 Å². The molecule has 1 aliphatic heterocycles. The Labute approximate surface area is 154 Å². The molecule has 0 amide bonds. The molecule has 1 fully saturated rings. The molecule has 2 aliphatic rings. The molecule has 4 rings (SSSR count). The third kappa shape index (κ3) is 4.12. The molecular weight excluding hydrogens is 359 g/mol. The molecule has 0 N–H and O–H groups in total. The van der Waals surface area contributed by atoms with Crippen LogP contribution in [0.1, 0.15) is 36.2 Å². The number of nitrogens with zero attached hydrogens (tertiary/aromatic N) is 5. The fourth-order valence-corrected chi connectivity index (χ4v) is 3.54. The van der Waals surface area contributed by atoms with Crippen molar-refractivity contribution in [2.75, 3.05) is 24.6 Å². The maximum Gasteiger partial charge on any atom is 0.433 e. The molecule has 0 atom stereocenters. The predicted octanol–water partition coefficient (Wildman–Crippen LogP) is 3.07. The minimum absolute atomic E-state index is 0.133. The van der Waals surface area contributed by atoms with E-state index in [0.717, 1.165) is 50.1 Å². The van der Waals surface area contributed by atoms with Crippen molar-refractivity contribution >= 4 is 5.95 Å². The van der Waals surface area contributed by atoms with Crippen LogP contribution in [0.15, 0.2) is 18.3 Å². The average Bonchev–Trinajstić information content (AvgIpc) is 3.14. The van der Waals surface area contributed by atoms with Crippen molar-refractivity contribution in [1.29, 1.82) is 0 Å². The van der Waals surface area contributed by atoms with Gasteiger partial charge in [-0.3, -0.25) is 0 Å². The lowest BCUT2D eigenvalue weighted by Crippen LogP contribution is -2.37. The van der Waals surface area contributed by atoms with Crippen molar-refractivity contribution in [2.45, 2.75) is 38.3 Å². The summed E-state index contributed by atoms with van der Waals surface area (Å²) in [6.45, 7) is 1.74. The molecule has 27 heavy (non-hydrogen) atoms. The fourth-order valence-electron chi connectivity index (χ4n) is 3.54. The second kappa shape index (κ2) is 7.28. The highest BCUT2D eigenvalue weighted by Crippen LogP contribution is 2.29. The number of anilines is 1. The van der Waals surface area contributed by atoms with Crippen LogP contribution in [0.25, 0.3) is 0 Å². The summed E-state index contributed by atoms with van der Waals surface area (Å²) in [6, 6.07) is 2.86. The van der Waals surface area contributed by atoms with Crippen molar-refractivity contribution in [3.8, 4) is 5.88 Å². The van der Waals surface area contributed by atoms with E-state index >= 15 is 0 Å². The molecule has 0 radical (unpaired) electrons. The van der Waals surface area contributed by atoms with Crippen molar-refractivity contribution in [3.63, 3.8) is 0 Å². The lowest BCUT2D eigenvalue weighted by molar-refractivity contribution is -0.141. The van der Waals surface area contributed by atoms with Gasteiger partial charge in [-0.2, -0.15) is 18.3 Å². The average molecular weight is 379 g/mol. The lowest BCUT2D eigenvalue weighted by Gasteiger charge is -2.31. The Morgan fingerprint density at radius 1 is 1.15 bits per heavy atom. The van der Waals surface area contributed by atoms with Gasteiger partial charge in [0.1, 0.15) is 5.69 Å². The van der Waals surface area contributed by atoms with E-state index in [4.69, 9.17) is 4.74 Å². The number of alkyl halides is 3. The van der Waals surface area contributed by atoms with E-state index in [2.05, 4.69) is 20.2 Å². The van der Waals surface area contributed by atoms with Crippen LogP contribution in [0.3, 0.4) is 0 Å². The molecule has 2 aromatic heterocycles. The molecule has 6 nitrogen and oxygen atoms in total. The molecule has 2 aromatic rings. The number of hydrogen-bond acceptors (Lipinski definition) is 6. The van der Waals surface area contributed by atoms with Gasteiger partial charge < -0.3 is 9.64 Å². The Balaban J connectivity index is 1.30. The smallest absolute Gasteiger partial charge is 0.433 e. The molecule has 144 valence electrons. The first-order chi connectivity index (χ1) is 13.0. The monoisotopic (exact) mass is 379 g/mol. The van der Waals surface area contributed by atoms with Crippen LogP contribution in [0.2, 0.25) is 0 Å². The molecule has 0 bridgehead atoms. The molecule has 1 saturated heterocycles. The zero-order valence-corrected chi connectivity index (χ0v) is 14.7. The van der Waals surface area contributed by atoms with Crippen molar-refractivity contribution in [2.24, 2.45) is 5.92 Å². The topological polar surface area (TPSA) is 64.0 Å². The van der Waals surface area contributed by atoms with Gasteiger partial charge in [0.2, 0.25) is 11.8 Å². The van der Waals surface area contributed by atoms with E-state index in [0.29, 0.717) is 31.5 Å². The number of ether oxygens (including phenoxy) is 1. The van der Waals surface area contributed by atoms with Gasteiger partial charge in [-0.15, -0.1) is 5.10 Å². The van der Waals surface area contributed by atoms with E-state index in [1.54, 1.807) is 4.90 Å². The number of aryl methyl sites for hydroxylation is 2. The maximum atomic E-state index is 12.8. The van der Waals surface area contributed by atoms with E-state index < -0.39 is 11.9 Å². The lowest BCUT2D eigenvalue weighted by atomic mass is 9.98. The van der Waals surface area contributed by atoms with Gasteiger partial charge in [0.05, 0.1) is 12.3 Å². The highest BCUT2D eigenvalue weighted by atomic mass is 19.4. The summed E-state index contributed by atoms with van der Waals surface area (Å²) in [7, 11) is 0. The number of piperidine rings is 1. The summed E-state index contributed by atoms with van der Waals surface area (Å²) < 4.78 is 44.2. The number of fused-ring (bicyclic) bond motifs is 1. The second-order valence-corrected chi connectivity index (χ2v) is 6.99. The summed E-state index contributed by atoms with van der Waals surface area (Å²) in [5.74, 6) is 1.01. The van der Waals surface area contributed by atoms with Gasteiger partial charge in [0, 0.05) is 25.4 Å². The third-order valence-electron chi connectivity index (χ3n) is 5.09. The van der Waals surface area contributed by atoms with Crippen molar-refractivity contribution in [1.82, 2.24) is 20.2 Å². The summed E-state index contributed by atoms with van der Waals surface area (Å²) in [4.78, 5) is 9.45.